The van der Waals surface area contributed by atoms with Gasteiger partial charge < -0.3 is 9.47 Å². The van der Waals surface area contributed by atoms with Crippen LogP contribution in [-0.4, -0.2) is 48.2 Å². The van der Waals surface area contributed by atoms with Crippen LogP contribution in [0.15, 0.2) is 11.9 Å². The zero-order chi connectivity index (χ0) is 17.7. The fraction of sp³-hybridized carbons (Fsp3) is 0.812. The number of rotatable bonds is 6. The normalized spacial score (nSPS) is 21.6. The van der Waals surface area contributed by atoms with Crippen LogP contribution in [0.2, 0.25) is 0 Å². The molecule has 0 radical (unpaired) electrons. The van der Waals surface area contributed by atoms with Gasteiger partial charge in [0.05, 0.1) is 19.3 Å². The predicted octanol–water partition coefficient (Wildman–Crippen LogP) is 3.57. The number of ether oxygens (including phenoxy) is 2. The fourth-order valence-electron chi connectivity index (χ4n) is 2.24. The summed E-state index contributed by atoms with van der Waals surface area (Å²) >= 11 is 0. The zero-order valence-corrected chi connectivity index (χ0v) is 14.8. The second-order valence-corrected chi connectivity index (χ2v) is 6.82. The summed E-state index contributed by atoms with van der Waals surface area (Å²) in [5.41, 5.74) is -1.40. The van der Waals surface area contributed by atoms with Gasteiger partial charge in [-0.25, -0.2) is 19.0 Å². The Morgan fingerprint density at radius 1 is 1.39 bits per heavy atom. The van der Waals surface area contributed by atoms with Crippen LogP contribution in [0.5, 0.6) is 0 Å². The molecule has 134 valence electrons. The van der Waals surface area contributed by atoms with Gasteiger partial charge >= 0.3 is 6.09 Å². The highest BCUT2D eigenvalue weighted by Gasteiger charge is 2.45. The Labute approximate surface area is 137 Å². The van der Waals surface area contributed by atoms with Gasteiger partial charge in [0.15, 0.2) is 0 Å². The first kappa shape index (κ1) is 19.9. The lowest BCUT2D eigenvalue weighted by molar-refractivity contribution is -0.286. The molecule has 7 heteroatoms. The van der Waals surface area contributed by atoms with Gasteiger partial charge in [-0.15, -0.1) is 0 Å². The molecule has 1 aliphatic rings. The molecule has 1 heterocycles. The Balaban J connectivity index is 2.69. The number of carbonyl (C=O) groups excluding carboxylic acids is 1. The summed E-state index contributed by atoms with van der Waals surface area (Å²) in [7, 11) is 0. The molecular weight excluding hydrogens is 305 g/mol. The first-order chi connectivity index (χ1) is 10.6. The quantitative estimate of drug-likeness (QED) is 0.422. The van der Waals surface area contributed by atoms with E-state index in [0.717, 1.165) is 0 Å². The third-order valence-electron chi connectivity index (χ3n) is 3.17. The molecule has 1 aliphatic heterocycles. The topological polar surface area (TPSA) is 57.2 Å². The van der Waals surface area contributed by atoms with Crippen molar-refractivity contribution in [1.82, 2.24) is 4.90 Å². The summed E-state index contributed by atoms with van der Waals surface area (Å²) in [4.78, 5) is 23.2. The maximum atomic E-state index is 13.7. The maximum absolute atomic E-state index is 13.7. The van der Waals surface area contributed by atoms with E-state index in [1.54, 1.807) is 41.5 Å². The lowest BCUT2D eigenvalue weighted by atomic mass is 10.1. The molecule has 1 fully saturated rings. The largest absolute Gasteiger partial charge is 0.444 e. The number of hydrogen-bond acceptors (Lipinski definition) is 5. The van der Waals surface area contributed by atoms with Crippen LogP contribution in [-0.2, 0) is 19.2 Å². The van der Waals surface area contributed by atoms with E-state index < -0.39 is 23.2 Å². The Kier molecular flexibility index (Phi) is 6.98. The van der Waals surface area contributed by atoms with Gasteiger partial charge in [-0.2, -0.15) is 0 Å². The van der Waals surface area contributed by atoms with Crippen molar-refractivity contribution >= 4 is 6.09 Å². The second kappa shape index (κ2) is 8.08. The van der Waals surface area contributed by atoms with Crippen LogP contribution >= 0.6 is 0 Å². The van der Waals surface area contributed by atoms with Crippen LogP contribution in [0.3, 0.4) is 0 Å². The Morgan fingerprint density at radius 2 is 2.04 bits per heavy atom. The molecule has 0 aliphatic carbocycles. The van der Waals surface area contributed by atoms with Crippen molar-refractivity contribution in [3.8, 4) is 0 Å². The molecule has 0 aromatic heterocycles. The molecular formula is C16H28FNO5. The minimum absolute atomic E-state index is 0.253. The summed E-state index contributed by atoms with van der Waals surface area (Å²) in [6, 6.07) is -0.294. The van der Waals surface area contributed by atoms with Gasteiger partial charge in [0, 0.05) is 0 Å². The van der Waals surface area contributed by atoms with Crippen molar-refractivity contribution in [1.29, 1.82) is 0 Å². The highest BCUT2D eigenvalue weighted by molar-refractivity contribution is 5.69. The summed E-state index contributed by atoms with van der Waals surface area (Å²) in [5, 5.41) is 0. The van der Waals surface area contributed by atoms with Crippen LogP contribution in [0.4, 0.5) is 9.18 Å². The third kappa shape index (κ3) is 6.45. The van der Waals surface area contributed by atoms with E-state index in [9.17, 15) is 9.18 Å². The van der Waals surface area contributed by atoms with Gasteiger partial charge in [-0.3, -0.25) is 4.90 Å². The SMILES string of the molecule is CCOOCC(F)=CC[C@H]1COC(C)(C)N1C(=O)OC(C)(C)C. The molecule has 23 heavy (non-hydrogen) atoms. The minimum Gasteiger partial charge on any atom is -0.444 e. The molecule has 0 N–H and O–H groups in total. The Bertz CT molecular complexity index is 431. The van der Waals surface area contributed by atoms with Gasteiger partial charge in [0.1, 0.15) is 23.8 Å². The minimum atomic E-state index is -0.793. The first-order valence-electron chi connectivity index (χ1n) is 7.82. The zero-order valence-electron chi connectivity index (χ0n) is 14.8. The standard InChI is InChI=1S/C16H28FNO5/c1-7-21-22-10-12(17)8-9-13-11-20-16(5,6)18(13)14(19)23-15(2,3)4/h8,13H,7,9-11H2,1-6H3/t13-/m0/s1. The monoisotopic (exact) mass is 333 g/mol. The van der Waals surface area contributed by atoms with Crippen molar-refractivity contribution in [2.45, 2.75) is 65.3 Å². The van der Waals surface area contributed by atoms with Crippen molar-refractivity contribution < 1.29 is 28.4 Å². The number of nitrogens with zero attached hydrogens (tertiary/aromatic N) is 1. The molecule has 1 atom stereocenters. The average molecular weight is 333 g/mol. The predicted molar refractivity (Wildman–Crippen MR) is 83.3 cm³/mol. The van der Waals surface area contributed by atoms with E-state index in [1.165, 1.54) is 11.0 Å². The van der Waals surface area contributed by atoms with Crippen LogP contribution in [0.1, 0.15) is 48.0 Å². The summed E-state index contributed by atoms with van der Waals surface area (Å²) in [5.74, 6) is -0.452. The lowest BCUT2D eigenvalue weighted by Crippen LogP contribution is -2.49. The van der Waals surface area contributed by atoms with Crippen molar-refractivity contribution in [2.24, 2.45) is 0 Å². The summed E-state index contributed by atoms with van der Waals surface area (Å²) in [6.07, 6.45) is 1.22. The van der Waals surface area contributed by atoms with Gasteiger partial charge in [-0.1, -0.05) is 0 Å². The van der Waals surface area contributed by atoms with E-state index in [2.05, 4.69) is 9.78 Å². The van der Waals surface area contributed by atoms with Crippen molar-refractivity contribution in [3.63, 3.8) is 0 Å². The van der Waals surface area contributed by atoms with E-state index in [-0.39, 0.29) is 12.6 Å². The summed E-state index contributed by atoms with van der Waals surface area (Å²) in [6.45, 7) is 11.1. The third-order valence-corrected chi connectivity index (χ3v) is 3.17. The number of amides is 1. The molecule has 0 unspecified atom stereocenters. The molecule has 1 saturated heterocycles. The molecule has 0 spiro atoms. The molecule has 0 saturated carbocycles. The fourth-order valence-corrected chi connectivity index (χ4v) is 2.24. The number of halogens is 1. The Hall–Kier alpha value is -1.18. The van der Waals surface area contributed by atoms with Crippen LogP contribution in [0.25, 0.3) is 0 Å². The van der Waals surface area contributed by atoms with E-state index in [0.29, 0.717) is 19.6 Å². The smallest absolute Gasteiger partial charge is 0.412 e. The summed E-state index contributed by atoms with van der Waals surface area (Å²) < 4.78 is 24.7. The van der Waals surface area contributed by atoms with Gasteiger partial charge in [0.25, 0.3) is 0 Å². The van der Waals surface area contributed by atoms with Crippen LogP contribution < -0.4 is 0 Å². The number of carbonyl (C=O) groups is 1. The van der Waals surface area contributed by atoms with Gasteiger partial charge in [0.2, 0.25) is 0 Å². The first-order valence-corrected chi connectivity index (χ1v) is 7.82. The van der Waals surface area contributed by atoms with E-state index in [1.807, 2.05) is 0 Å². The highest BCUT2D eigenvalue weighted by Crippen LogP contribution is 2.31. The highest BCUT2D eigenvalue weighted by atomic mass is 19.1. The molecule has 0 aromatic carbocycles. The molecule has 6 nitrogen and oxygen atoms in total. The molecule has 1 rings (SSSR count). The lowest BCUT2D eigenvalue weighted by Gasteiger charge is -2.34. The second-order valence-electron chi connectivity index (χ2n) is 6.82. The number of hydrogen-bond donors (Lipinski definition) is 0. The van der Waals surface area contributed by atoms with Crippen molar-refractivity contribution in [3.05, 3.63) is 11.9 Å². The molecule has 1 amide bonds. The molecule has 0 aromatic rings. The maximum Gasteiger partial charge on any atom is 0.412 e. The van der Waals surface area contributed by atoms with E-state index >= 15 is 0 Å². The molecule has 0 bridgehead atoms. The van der Waals surface area contributed by atoms with Crippen LogP contribution in [0, 0.1) is 0 Å². The van der Waals surface area contributed by atoms with E-state index in [4.69, 9.17) is 9.47 Å². The Morgan fingerprint density at radius 3 is 2.61 bits per heavy atom. The van der Waals surface area contributed by atoms with Gasteiger partial charge in [-0.05, 0) is 54.0 Å². The average Bonchev–Trinajstić information content (AvgIpc) is 2.70. The van der Waals surface area contributed by atoms with Crippen molar-refractivity contribution in [2.75, 3.05) is 19.8 Å².